The second kappa shape index (κ2) is 9.79. The number of aliphatic hydroxyl groups is 1. The van der Waals surface area contributed by atoms with Gasteiger partial charge in [0.25, 0.3) is 0 Å². The Labute approximate surface area is 82.9 Å². The lowest BCUT2D eigenvalue weighted by Crippen LogP contribution is -1.98. The molecule has 0 amide bonds. The van der Waals surface area contributed by atoms with E-state index in [1.54, 1.807) is 0 Å². The predicted octanol–water partition coefficient (Wildman–Crippen LogP) is 3.53. The van der Waals surface area contributed by atoms with Crippen molar-refractivity contribution in [1.29, 1.82) is 0 Å². The lowest BCUT2D eigenvalue weighted by molar-refractivity contribution is 0.341. The molecule has 0 bridgehead atoms. The molecule has 0 unspecified atom stereocenters. The first kappa shape index (κ1) is 12.7. The summed E-state index contributed by atoms with van der Waals surface area (Å²) in [4.78, 5) is 0. The maximum absolute atomic E-state index is 8.60. The Morgan fingerprint density at radius 1 is 1.08 bits per heavy atom. The summed E-state index contributed by atoms with van der Waals surface area (Å²) in [5, 5.41) is 8.60. The number of hydrogen-bond donors (Lipinski definition) is 1. The van der Waals surface area contributed by atoms with Crippen molar-refractivity contribution in [2.24, 2.45) is 5.92 Å². The van der Waals surface area contributed by atoms with Crippen LogP contribution in [0.5, 0.6) is 0 Å². The summed E-state index contributed by atoms with van der Waals surface area (Å²) in [6.07, 6.45) is 11.7. The Kier molecular flexibility index (Phi) is 9.56. The van der Waals surface area contributed by atoms with E-state index in [-0.39, 0.29) is 6.61 Å². The Morgan fingerprint density at radius 3 is 2.38 bits per heavy atom. The third-order valence-electron chi connectivity index (χ3n) is 2.40. The third kappa shape index (κ3) is 8.04. The molecule has 0 spiro atoms. The van der Waals surface area contributed by atoms with Crippen molar-refractivity contribution in [3.8, 4) is 0 Å². The van der Waals surface area contributed by atoms with Gasteiger partial charge < -0.3 is 5.11 Å². The van der Waals surface area contributed by atoms with Crippen LogP contribution in [-0.4, -0.2) is 11.7 Å². The molecule has 0 aliphatic carbocycles. The molecule has 0 rings (SSSR count). The summed E-state index contributed by atoms with van der Waals surface area (Å²) in [5.74, 6) is 0.841. The minimum Gasteiger partial charge on any atom is -0.392 e. The molecule has 0 saturated heterocycles. The number of allylic oxidation sites excluding steroid dienone is 1. The summed E-state index contributed by atoms with van der Waals surface area (Å²) in [7, 11) is 0. The van der Waals surface area contributed by atoms with Crippen molar-refractivity contribution >= 4 is 0 Å². The fourth-order valence-electron chi connectivity index (χ4n) is 1.64. The number of rotatable bonds is 8. The molecule has 0 aromatic carbocycles. The molecular formula is C12H24O. The Balaban J connectivity index is 3.59. The summed E-state index contributed by atoms with van der Waals surface area (Å²) in [6.45, 7) is 4.67. The standard InChI is InChI=1S/C12H24O/c1-3-5-9-12(8-4-2)10-6-7-11-13/h6-7,12-13H,3-5,8-11H2,1-2H3/b7-6-/t12-/m0/s1. The topological polar surface area (TPSA) is 20.2 Å². The lowest BCUT2D eigenvalue weighted by Gasteiger charge is -2.12. The monoisotopic (exact) mass is 184 g/mol. The summed E-state index contributed by atoms with van der Waals surface area (Å²) < 4.78 is 0. The lowest BCUT2D eigenvalue weighted by atomic mass is 9.94. The maximum atomic E-state index is 8.60. The van der Waals surface area contributed by atoms with Gasteiger partial charge in [-0.15, -0.1) is 0 Å². The van der Waals surface area contributed by atoms with Crippen LogP contribution in [0.3, 0.4) is 0 Å². The molecule has 0 aliphatic rings. The second-order valence-corrected chi connectivity index (χ2v) is 3.69. The van der Waals surface area contributed by atoms with Gasteiger partial charge in [-0.3, -0.25) is 0 Å². The van der Waals surface area contributed by atoms with Gasteiger partial charge in [-0.25, -0.2) is 0 Å². The molecular weight excluding hydrogens is 160 g/mol. The Morgan fingerprint density at radius 2 is 1.85 bits per heavy atom. The van der Waals surface area contributed by atoms with Crippen LogP contribution in [0.25, 0.3) is 0 Å². The smallest absolute Gasteiger partial charge is 0.0612 e. The van der Waals surface area contributed by atoms with E-state index in [0.29, 0.717) is 0 Å². The average molecular weight is 184 g/mol. The normalized spacial score (nSPS) is 13.8. The van der Waals surface area contributed by atoms with Crippen LogP contribution in [0.2, 0.25) is 0 Å². The van der Waals surface area contributed by atoms with Gasteiger partial charge >= 0.3 is 0 Å². The van der Waals surface area contributed by atoms with Gasteiger partial charge in [0.05, 0.1) is 6.61 Å². The largest absolute Gasteiger partial charge is 0.392 e. The molecule has 78 valence electrons. The minimum atomic E-state index is 0.187. The van der Waals surface area contributed by atoms with Crippen molar-refractivity contribution in [3.63, 3.8) is 0 Å². The molecule has 1 N–H and O–H groups in total. The molecule has 0 fully saturated rings. The van der Waals surface area contributed by atoms with Crippen molar-refractivity contribution in [2.75, 3.05) is 6.61 Å². The molecule has 0 saturated carbocycles. The number of hydrogen-bond acceptors (Lipinski definition) is 1. The summed E-state index contributed by atoms with van der Waals surface area (Å²) in [5.41, 5.74) is 0. The van der Waals surface area contributed by atoms with Gasteiger partial charge in [-0.2, -0.15) is 0 Å². The van der Waals surface area contributed by atoms with Crippen LogP contribution in [-0.2, 0) is 0 Å². The summed E-state index contributed by atoms with van der Waals surface area (Å²) in [6, 6.07) is 0. The van der Waals surface area contributed by atoms with Gasteiger partial charge in [0.1, 0.15) is 0 Å². The summed E-state index contributed by atoms with van der Waals surface area (Å²) >= 11 is 0. The fourth-order valence-corrected chi connectivity index (χ4v) is 1.64. The molecule has 0 aromatic heterocycles. The SMILES string of the molecule is CCCC[C@@H](C/C=C\CO)CCC. The third-order valence-corrected chi connectivity index (χ3v) is 2.40. The van der Waals surface area contributed by atoms with E-state index < -0.39 is 0 Å². The molecule has 1 atom stereocenters. The zero-order chi connectivity index (χ0) is 9.94. The first-order valence-corrected chi connectivity index (χ1v) is 5.61. The highest BCUT2D eigenvalue weighted by atomic mass is 16.2. The predicted molar refractivity (Wildman–Crippen MR) is 58.8 cm³/mol. The quantitative estimate of drug-likeness (QED) is 0.572. The van der Waals surface area contributed by atoms with E-state index in [0.717, 1.165) is 12.3 Å². The van der Waals surface area contributed by atoms with E-state index in [1.165, 1.54) is 32.1 Å². The highest BCUT2D eigenvalue weighted by Gasteiger charge is 2.04. The van der Waals surface area contributed by atoms with E-state index >= 15 is 0 Å². The number of aliphatic hydroxyl groups excluding tert-OH is 1. The van der Waals surface area contributed by atoms with Gasteiger partial charge in [0.2, 0.25) is 0 Å². The first-order chi connectivity index (χ1) is 6.35. The first-order valence-electron chi connectivity index (χ1n) is 5.61. The molecule has 0 aliphatic heterocycles. The number of unbranched alkanes of at least 4 members (excludes halogenated alkanes) is 1. The van der Waals surface area contributed by atoms with Crippen LogP contribution in [0.1, 0.15) is 52.4 Å². The molecule has 0 heterocycles. The fraction of sp³-hybridized carbons (Fsp3) is 0.833. The second-order valence-electron chi connectivity index (χ2n) is 3.69. The Hall–Kier alpha value is -0.300. The molecule has 1 nitrogen and oxygen atoms in total. The van der Waals surface area contributed by atoms with Gasteiger partial charge in [0, 0.05) is 0 Å². The minimum absolute atomic E-state index is 0.187. The Bertz CT molecular complexity index is 118. The molecule has 0 radical (unpaired) electrons. The van der Waals surface area contributed by atoms with Crippen molar-refractivity contribution in [3.05, 3.63) is 12.2 Å². The molecule has 13 heavy (non-hydrogen) atoms. The van der Waals surface area contributed by atoms with E-state index in [2.05, 4.69) is 19.9 Å². The van der Waals surface area contributed by atoms with Crippen LogP contribution >= 0.6 is 0 Å². The highest BCUT2D eigenvalue weighted by molar-refractivity contribution is 4.83. The molecule has 1 heteroatoms. The maximum Gasteiger partial charge on any atom is 0.0612 e. The van der Waals surface area contributed by atoms with E-state index in [4.69, 9.17) is 5.11 Å². The average Bonchev–Trinajstić information content (AvgIpc) is 2.14. The van der Waals surface area contributed by atoms with E-state index in [1.807, 2.05) is 6.08 Å². The zero-order valence-electron chi connectivity index (χ0n) is 9.13. The van der Waals surface area contributed by atoms with Crippen LogP contribution < -0.4 is 0 Å². The van der Waals surface area contributed by atoms with Crippen molar-refractivity contribution in [1.82, 2.24) is 0 Å². The van der Waals surface area contributed by atoms with Gasteiger partial charge in [0.15, 0.2) is 0 Å². The van der Waals surface area contributed by atoms with Crippen molar-refractivity contribution < 1.29 is 5.11 Å². The zero-order valence-corrected chi connectivity index (χ0v) is 9.13. The van der Waals surface area contributed by atoms with Gasteiger partial charge in [-0.05, 0) is 12.3 Å². The van der Waals surface area contributed by atoms with E-state index in [9.17, 15) is 0 Å². The van der Waals surface area contributed by atoms with Crippen LogP contribution in [0.15, 0.2) is 12.2 Å². The molecule has 0 aromatic rings. The highest BCUT2D eigenvalue weighted by Crippen LogP contribution is 2.18. The van der Waals surface area contributed by atoms with Crippen LogP contribution in [0, 0.1) is 5.92 Å². The van der Waals surface area contributed by atoms with Crippen molar-refractivity contribution in [2.45, 2.75) is 52.4 Å². The van der Waals surface area contributed by atoms with Crippen LogP contribution in [0.4, 0.5) is 0 Å². The van der Waals surface area contributed by atoms with Gasteiger partial charge in [-0.1, -0.05) is 58.1 Å².